The third kappa shape index (κ3) is 5.01. The van der Waals surface area contributed by atoms with Crippen LogP contribution in [0.2, 0.25) is 0 Å². The Labute approximate surface area is 131 Å². The van der Waals surface area contributed by atoms with E-state index < -0.39 is 0 Å². The Kier molecular flexibility index (Phi) is 6.00. The normalized spacial score (nSPS) is 15.4. The Morgan fingerprint density at radius 3 is 3.05 bits per heavy atom. The molecule has 0 saturated carbocycles. The van der Waals surface area contributed by atoms with Gasteiger partial charge in [-0.3, -0.25) is 4.79 Å². The van der Waals surface area contributed by atoms with Crippen LogP contribution in [-0.2, 0) is 6.42 Å². The molecule has 0 spiro atoms. The number of carbonyl (C=O) groups excluding carboxylic acids is 1. The number of hydrogen-bond acceptors (Lipinski definition) is 2. The summed E-state index contributed by atoms with van der Waals surface area (Å²) in [6.07, 6.45) is 13.6. The Bertz CT molecular complexity index is 566. The molecule has 1 atom stereocenters. The van der Waals surface area contributed by atoms with E-state index >= 15 is 0 Å². The highest BCUT2D eigenvalue weighted by Gasteiger charge is 2.10. The Hall–Kier alpha value is -1.61. The van der Waals surface area contributed by atoms with Crippen LogP contribution in [0.3, 0.4) is 0 Å². The third-order valence-electron chi connectivity index (χ3n) is 3.64. The van der Waals surface area contributed by atoms with E-state index in [4.69, 9.17) is 0 Å². The van der Waals surface area contributed by atoms with Gasteiger partial charge in [0.05, 0.1) is 4.88 Å². The summed E-state index contributed by atoms with van der Waals surface area (Å²) < 4.78 is 0. The van der Waals surface area contributed by atoms with E-state index in [0.29, 0.717) is 12.5 Å². The second-order valence-corrected chi connectivity index (χ2v) is 6.64. The molecule has 3 heteroatoms. The predicted octanol–water partition coefficient (Wildman–Crippen LogP) is 4.51. The SMILES string of the molecule is CCC(C)Cc1ccc(C(=O)NCC2=CC=CCC=C2)s1. The molecule has 1 aromatic heterocycles. The number of rotatable bonds is 6. The van der Waals surface area contributed by atoms with Crippen LogP contribution in [0, 0.1) is 5.92 Å². The maximum atomic E-state index is 12.2. The highest BCUT2D eigenvalue weighted by atomic mass is 32.1. The zero-order valence-electron chi connectivity index (χ0n) is 12.8. The van der Waals surface area contributed by atoms with Crippen molar-refractivity contribution in [1.82, 2.24) is 5.32 Å². The van der Waals surface area contributed by atoms with Gasteiger partial charge in [-0.1, -0.05) is 50.6 Å². The minimum Gasteiger partial charge on any atom is -0.347 e. The van der Waals surface area contributed by atoms with Gasteiger partial charge < -0.3 is 5.32 Å². The van der Waals surface area contributed by atoms with Crippen molar-refractivity contribution in [3.05, 3.63) is 57.8 Å². The van der Waals surface area contributed by atoms with Crippen molar-refractivity contribution in [3.63, 3.8) is 0 Å². The summed E-state index contributed by atoms with van der Waals surface area (Å²) in [6.45, 7) is 5.03. The average molecular weight is 301 g/mol. The summed E-state index contributed by atoms with van der Waals surface area (Å²) in [7, 11) is 0. The molecule has 0 aliphatic heterocycles. The molecule has 1 aromatic rings. The molecule has 0 radical (unpaired) electrons. The van der Waals surface area contributed by atoms with E-state index in [0.717, 1.165) is 23.3 Å². The van der Waals surface area contributed by atoms with E-state index in [9.17, 15) is 4.79 Å². The van der Waals surface area contributed by atoms with Gasteiger partial charge in [-0.25, -0.2) is 0 Å². The molecule has 0 fully saturated rings. The lowest BCUT2D eigenvalue weighted by Gasteiger charge is -2.05. The number of nitrogens with one attached hydrogen (secondary N) is 1. The molecular formula is C18H23NOS. The highest BCUT2D eigenvalue weighted by Crippen LogP contribution is 2.21. The first-order valence-electron chi connectivity index (χ1n) is 7.58. The number of allylic oxidation sites excluding steroid dienone is 4. The van der Waals surface area contributed by atoms with Gasteiger partial charge in [0.15, 0.2) is 0 Å². The van der Waals surface area contributed by atoms with Crippen LogP contribution in [-0.4, -0.2) is 12.5 Å². The Morgan fingerprint density at radius 1 is 1.38 bits per heavy atom. The molecule has 112 valence electrons. The highest BCUT2D eigenvalue weighted by molar-refractivity contribution is 7.14. The van der Waals surface area contributed by atoms with E-state index in [-0.39, 0.29) is 5.91 Å². The van der Waals surface area contributed by atoms with Crippen LogP contribution in [0.4, 0.5) is 0 Å². The summed E-state index contributed by atoms with van der Waals surface area (Å²) >= 11 is 1.61. The van der Waals surface area contributed by atoms with Crippen LogP contribution >= 0.6 is 11.3 Å². The Morgan fingerprint density at radius 2 is 2.24 bits per heavy atom. The maximum absolute atomic E-state index is 12.2. The second-order valence-electron chi connectivity index (χ2n) is 5.47. The van der Waals surface area contributed by atoms with Gasteiger partial charge in [-0.2, -0.15) is 0 Å². The quantitative estimate of drug-likeness (QED) is 0.823. The van der Waals surface area contributed by atoms with E-state index in [2.05, 4.69) is 43.5 Å². The standard InChI is InChI=1S/C18H23NOS/c1-3-14(2)12-16-10-11-17(21-16)18(20)19-13-15-8-6-4-5-7-9-15/h4,6-11,14H,3,5,12-13H2,1-2H3,(H,19,20). The minimum atomic E-state index is 0.0259. The summed E-state index contributed by atoms with van der Waals surface area (Å²) in [4.78, 5) is 14.3. The number of hydrogen-bond donors (Lipinski definition) is 1. The first-order chi connectivity index (χ1) is 10.2. The van der Waals surface area contributed by atoms with Crippen LogP contribution in [0.5, 0.6) is 0 Å². The zero-order valence-corrected chi connectivity index (χ0v) is 13.6. The van der Waals surface area contributed by atoms with E-state index in [1.165, 1.54) is 11.3 Å². The molecule has 1 heterocycles. The number of thiophene rings is 1. The molecule has 1 unspecified atom stereocenters. The van der Waals surface area contributed by atoms with Gasteiger partial charge in [0.2, 0.25) is 0 Å². The molecule has 2 nitrogen and oxygen atoms in total. The molecule has 0 aromatic carbocycles. The lowest BCUT2D eigenvalue weighted by atomic mass is 10.0. The van der Waals surface area contributed by atoms with Crippen LogP contribution in [0.15, 0.2) is 48.1 Å². The van der Waals surface area contributed by atoms with Crippen molar-refractivity contribution in [2.75, 3.05) is 6.54 Å². The van der Waals surface area contributed by atoms with E-state index in [1.54, 1.807) is 11.3 Å². The van der Waals surface area contributed by atoms with Crippen LogP contribution < -0.4 is 5.32 Å². The lowest BCUT2D eigenvalue weighted by Crippen LogP contribution is -2.24. The first kappa shape index (κ1) is 15.8. The Balaban J connectivity index is 1.88. The molecule has 1 N–H and O–H groups in total. The predicted molar refractivity (Wildman–Crippen MR) is 90.8 cm³/mol. The summed E-state index contributed by atoms with van der Waals surface area (Å²) in [6, 6.07) is 4.02. The fourth-order valence-corrected chi connectivity index (χ4v) is 3.20. The van der Waals surface area contributed by atoms with Crippen molar-refractivity contribution < 1.29 is 4.79 Å². The van der Waals surface area contributed by atoms with Gasteiger partial charge in [-0.05, 0) is 36.5 Å². The largest absolute Gasteiger partial charge is 0.347 e. The van der Waals surface area contributed by atoms with Gasteiger partial charge in [-0.15, -0.1) is 11.3 Å². The minimum absolute atomic E-state index is 0.0259. The van der Waals surface area contributed by atoms with E-state index in [1.807, 2.05) is 18.2 Å². The molecule has 1 aliphatic carbocycles. The van der Waals surface area contributed by atoms with Crippen molar-refractivity contribution in [3.8, 4) is 0 Å². The van der Waals surface area contributed by atoms with Crippen molar-refractivity contribution in [1.29, 1.82) is 0 Å². The smallest absolute Gasteiger partial charge is 0.261 e. The molecule has 1 amide bonds. The zero-order chi connectivity index (χ0) is 15.1. The van der Waals surface area contributed by atoms with Crippen molar-refractivity contribution >= 4 is 17.2 Å². The van der Waals surface area contributed by atoms with Gasteiger partial charge in [0.1, 0.15) is 0 Å². The summed E-state index contributed by atoms with van der Waals surface area (Å²) in [5, 5.41) is 3.00. The molecule has 0 bridgehead atoms. The maximum Gasteiger partial charge on any atom is 0.261 e. The summed E-state index contributed by atoms with van der Waals surface area (Å²) in [5.74, 6) is 0.700. The van der Waals surface area contributed by atoms with Crippen molar-refractivity contribution in [2.45, 2.75) is 33.1 Å². The monoisotopic (exact) mass is 301 g/mol. The van der Waals surface area contributed by atoms with Gasteiger partial charge >= 0.3 is 0 Å². The third-order valence-corrected chi connectivity index (χ3v) is 4.74. The number of amides is 1. The van der Waals surface area contributed by atoms with Gasteiger partial charge in [0, 0.05) is 11.4 Å². The second kappa shape index (κ2) is 7.99. The van der Waals surface area contributed by atoms with Gasteiger partial charge in [0.25, 0.3) is 5.91 Å². The number of carbonyl (C=O) groups is 1. The molecule has 1 aliphatic rings. The fraction of sp³-hybridized carbons (Fsp3) is 0.389. The average Bonchev–Trinajstić information content (AvgIpc) is 2.79. The van der Waals surface area contributed by atoms with Crippen LogP contribution in [0.25, 0.3) is 0 Å². The first-order valence-corrected chi connectivity index (χ1v) is 8.40. The molecule has 2 rings (SSSR count). The van der Waals surface area contributed by atoms with Crippen molar-refractivity contribution in [2.24, 2.45) is 5.92 Å². The fourth-order valence-electron chi connectivity index (χ4n) is 2.11. The summed E-state index contributed by atoms with van der Waals surface area (Å²) in [5.41, 5.74) is 1.13. The molecule has 21 heavy (non-hydrogen) atoms. The lowest BCUT2D eigenvalue weighted by molar-refractivity contribution is 0.0961. The van der Waals surface area contributed by atoms with Crippen LogP contribution in [0.1, 0.15) is 41.2 Å². The topological polar surface area (TPSA) is 29.1 Å². The molecule has 0 saturated heterocycles. The molecular weight excluding hydrogens is 278 g/mol.